The van der Waals surface area contributed by atoms with E-state index < -0.39 is 0 Å². The highest BCUT2D eigenvalue weighted by Crippen LogP contribution is 2.22. The molecule has 0 radical (unpaired) electrons. The molecule has 1 aromatic rings. The van der Waals surface area contributed by atoms with Gasteiger partial charge in [-0.25, -0.2) is 0 Å². The predicted octanol–water partition coefficient (Wildman–Crippen LogP) is 2.37. The quantitative estimate of drug-likeness (QED) is 0.560. The summed E-state index contributed by atoms with van der Waals surface area (Å²) in [7, 11) is 3.41. The van der Waals surface area contributed by atoms with Crippen molar-refractivity contribution >= 4 is 17.6 Å². The summed E-state index contributed by atoms with van der Waals surface area (Å²) in [5, 5.41) is 7.32. The summed E-state index contributed by atoms with van der Waals surface area (Å²) in [6, 6.07) is 5.62. The molecule has 0 bridgehead atoms. The van der Waals surface area contributed by atoms with Crippen molar-refractivity contribution in [2.45, 2.75) is 26.5 Å². The number of nitrogens with one attached hydrogen (secondary N) is 2. The second-order valence-electron chi connectivity index (χ2n) is 6.91. The molecule has 1 atom stereocenters. The number of morpholine rings is 1. The van der Waals surface area contributed by atoms with Crippen molar-refractivity contribution in [2.24, 2.45) is 10.9 Å². The molecule has 1 unspecified atom stereocenters. The van der Waals surface area contributed by atoms with E-state index in [0.717, 1.165) is 50.1 Å². The fraction of sp³-hybridized carbons (Fsp3) is 0.632. The molecule has 1 fully saturated rings. The number of hydrogen-bond donors (Lipinski definition) is 2. The monoisotopic (exact) mass is 382 g/mol. The van der Waals surface area contributed by atoms with Crippen molar-refractivity contribution < 1.29 is 9.47 Å². The number of methoxy groups -OCH3 is 1. The minimum Gasteiger partial charge on any atom is -0.496 e. The number of benzene rings is 1. The molecular weight excluding hydrogens is 352 g/mol. The second kappa shape index (κ2) is 10.6. The van der Waals surface area contributed by atoms with Crippen LogP contribution >= 0.6 is 11.6 Å². The minimum atomic E-state index is 0.172. The summed E-state index contributed by atoms with van der Waals surface area (Å²) in [5.41, 5.74) is 1.02. The molecule has 2 rings (SSSR count). The van der Waals surface area contributed by atoms with E-state index in [1.165, 1.54) is 0 Å². The van der Waals surface area contributed by atoms with E-state index in [0.29, 0.717) is 17.5 Å². The van der Waals surface area contributed by atoms with Crippen LogP contribution in [0, 0.1) is 5.92 Å². The first-order valence-electron chi connectivity index (χ1n) is 9.12. The lowest BCUT2D eigenvalue weighted by molar-refractivity contribution is -0.0284. The van der Waals surface area contributed by atoms with Crippen LogP contribution < -0.4 is 15.4 Å². The lowest BCUT2D eigenvalue weighted by Gasteiger charge is -2.34. The summed E-state index contributed by atoms with van der Waals surface area (Å²) in [5.74, 6) is 2.18. The zero-order chi connectivity index (χ0) is 18.9. The maximum Gasteiger partial charge on any atom is 0.191 e. The van der Waals surface area contributed by atoms with Crippen molar-refractivity contribution in [3.63, 3.8) is 0 Å². The Labute approximate surface area is 161 Å². The van der Waals surface area contributed by atoms with Gasteiger partial charge in [0.25, 0.3) is 0 Å². The fourth-order valence-corrected chi connectivity index (χ4v) is 3.22. The highest BCUT2D eigenvalue weighted by molar-refractivity contribution is 6.30. The van der Waals surface area contributed by atoms with Gasteiger partial charge >= 0.3 is 0 Å². The van der Waals surface area contributed by atoms with Gasteiger partial charge in [0, 0.05) is 50.4 Å². The third kappa shape index (κ3) is 6.67. The van der Waals surface area contributed by atoms with E-state index in [9.17, 15) is 0 Å². The molecule has 1 aromatic carbocycles. The van der Waals surface area contributed by atoms with Crippen molar-refractivity contribution in [1.29, 1.82) is 0 Å². The van der Waals surface area contributed by atoms with E-state index in [1.807, 2.05) is 18.2 Å². The molecule has 6 nitrogen and oxygen atoms in total. The second-order valence-corrected chi connectivity index (χ2v) is 7.35. The average Bonchev–Trinajstić information content (AvgIpc) is 2.62. The largest absolute Gasteiger partial charge is 0.496 e. The summed E-state index contributed by atoms with van der Waals surface area (Å²) < 4.78 is 11.3. The van der Waals surface area contributed by atoms with Gasteiger partial charge in [-0.1, -0.05) is 31.5 Å². The lowest BCUT2D eigenvalue weighted by atomic mass is 10.2. The van der Waals surface area contributed by atoms with Crippen molar-refractivity contribution in [2.75, 3.05) is 46.9 Å². The van der Waals surface area contributed by atoms with Crippen LogP contribution in [0.15, 0.2) is 23.2 Å². The number of nitrogens with zero attached hydrogens (tertiary/aromatic N) is 2. The van der Waals surface area contributed by atoms with Crippen LogP contribution in [-0.2, 0) is 11.3 Å². The van der Waals surface area contributed by atoms with Crippen LogP contribution in [0.2, 0.25) is 5.02 Å². The highest BCUT2D eigenvalue weighted by Gasteiger charge is 2.21. The first kappa shape index (κ1) is 20.8. The zero-order valence-corrected chi connectivity index (χ0v) is 17.0. The van der Waals surface area contributed by atoms with E-state index >= 15 is 0 Å². The van der Waals surface area contributed by atoms with Crippen molar-refractivity contribution in [1.82, 2.24) is 15.5 Å². The summed E-state index contributed by atoms with van der Waals surface area (Å²) in [6.07, 6.45) is 0.172. The Hall–Kier alpha value is -1.50. The Kier molecular flexibility index (Phi) is 8.48. The standard InChI is InChI=1S/C19H31ClN4O2/c1-14(2)12-24-7-8-26-17(13-24)11-23-19(21-3)22-10-15-5-6-16(20)9-18(15)25-4/h5-6,9,14,17H,7-8,10-13H2,1-4H3,(H2,21,22,23). The molecule has 2 N–H and O–H groups in total. The molecule has 26 heavy (non-hydrogen) atoms. The molecule has 0 aromatic heterocycles. The van der Waals surface area contributed by atoms with Crippen molar-refractivity contribution in [3.05, 3.63) is 28.8 Å². The number of guanidine groups is 1. The lowest BCUT2D eigenvalue weighted by Crippen LogP contribution is -2.50. The van der Waals surface area contributed by atoms with Crippen LogP contribution in [0.5, 0.6) is 5.75 Å². The summed E-state index contributed by atoms with van der Waals surface area (Å²) in [4.78, 5) is 6.75. The SMILES string of the molecule is CN=C(NCc1ccc(Cl)cc1OC)NCC1CN(CC(C)C)CCO1. The van der Waals surface area contributed by atoms with Gasteiger partial charge in [0.05, 0.1) is 19.8 Å². The Morgan fingerprint density at radius 1 is 1.42 bits per heavy atom. The Balaban J connectivity index is 1.81. The smallest absolute Gasteiger partial charge is 0.191 e. The summed E-state index contributed by atoms with van der Waals surface area (Å²) >= 11 is 6.01. The van der Waals surface area contributed by atoms with E-state index in [2.05, 4.69) is 34.4 Å². The molecule has 0 saturated carbocycles. The molecule has 0 aliphatic carbocycles. The van der Waals surface area contributed by atoms with E-state index in [1.54, 1.807) is 14.2 Å². The van der Waals surface area contributed by atoms with Gasteiger partial charge in [0.15, 0.2) is 5.96 Å². The first-order chi connectivity index (χ1) is 12.5. The van der Waals surface area contributed by atoms with Gasteiger partial charge in [-0.3, -0.25) is 9.89 Å². The molecule has 1 aliphatic rings. The summed E-state index contributed by atoms with van der Waals surface area (Å²) in [6.45, 7) is 9.69. The Morgan fingerprint density at radius 2 is 2.23 bits per heavy atom. The first-order valence-corrected chi connectivity index (χ1v) is 9.50. The van der Waals surface area contributed by atoms with E-state index in [-0.39, 0.29) is 6.10 Å². The molecule has 1 aliphatic heterocycles. The molecule has 146 valence electrons. The van der Waals surface area contributed by atoms with Crippen molar-refractivity contribution in [3.8, 4) is 5.75 Å². The number of ether oxygens (including phenoxy) is 2. The van der Waals surface area contributed by atoms with Crippen LogP contribution in [0.4, 0.5) is 0 Å². The zero-order valence-electron chi connectivity index (χ0n) is 16.2. The molecule has 1 saturated heterocycles. The number of hydrogen-bond acceptors (Lipinski definition) is 4. The van der Waals surface area contributed by atoms with Gasteiger partial charge < -0.3 is 20.1 Å². The predicted molar refractivity (Wildman–Crippen MR) is 107 cm³/mol. The van der Waals surface area contributed by atoms with Gasteiger partial charge in [-0.15, -0.1) is 0 Å². The average molecular weight is 383 g/mol. The minimum absolute atomic E-state index is 0.172. The normalized spacial score (nSPS) is 18.8. The van der Waals surface area contributed by atoms with Gasteiger partial charge in [0.1, 0.15) is 5.75 Å². The van der Waals surface area contributed by atoms with Crippen LogP contribution in [0.1, 0.15) is 19.4 Å². The molecule has 1 heterocycles. The number of aliphatic imine (C=N–C) groups is 1. The molecule has 7 heteroatoms. The topological polar surface area (TPSA) is 58.1 Å². The number of halogens is 1. The highest BCUT2D eigenvalue weighted by atomic mass is 35.5. The third-order valence-corrected chi connectivity index (χ3v) is 4.50. The van der Waals surface area contributed by atoms with Gasteiger partial charge in [-0.2, -0.15) is 0 Å². The maximum absolute atomic E-state index is 6.01. The van der Waals surface area contributed by atoms with E-state index in [4.69, 9.17) is 21.1 Å². The molecule has 0 spiro atoms. The van der Waals surface area contributed by atoms with Crippen LogP contribution in [0.3, 0.4) is 0 Å². The number of rotatable bonds is 7. The molecule has 0 amide bonds. The molecular formula is C19H31ClN4O2. The van der Waals surface area contributed by atoms with Crippen LogP contribution in [0.25, 0.3) is 0 Å². The fourth-order valence-electron chi connectivity index (χ4n) is 3.06. The van der Waals surface area contributed by atoms with Gasteiger partial charge in [0.2, 0.25) is 0 Å². The van der Waals surface area contributed by atoms with Gasteiger partial charge in [-0.05, 0) is 18.1 Å². The van der Waals surface area contributed by atoms with Crippen LogP contribution in [-0.4, -0.2) is 63.9 Å². The Bertz CT molecular complexity index is 595. The Morgan fingerprint density at radius 3 is 2.92 bits per heavy atom. The maximum atomic E-state index is 6.01. The third-order valence-electron chi connectivity index (χ3n) is 4.26.